The molecule has 0 spiro atoms. The van der Waals surface area contributed by atoms with E-state index in [4.69, 9.17) is 4.74 Å². The minimum absolute atomic E-state index is 0.0385. The minimum Gasteiger partial charge on any atom is -0.469 e. The second-order valence-corrected chi connectivity index (χ2v) is 6.43. The highest BCUT2D eigenvalue weighted by atomic mass is 32.2. The smallest absolute Gasteiger partial charge is 0.306 e. The fourth-order valence-electron chi connectivity index (χ4n) is 1.84. The van der Waals surface area contributed by atoms with Crippen molar-refractivity contribution in [2.24, 2.45) is 0 Å². The molecule has 2 atom stereocenters. The highest BCUT2D eigenvalue weighted by Gasteiger charge is 2.31. The van der Waals surface area contributed by atoms with Crippen LogP contribution >= 0.6 is 11.8 Å². The number of hydrogen-bond acceptors (Lipinski definition) is 4. The molecule has 3 nitrogen and oxygen atoms in total. The average Bonchev–Trinajstić information content (AvgIpc) is 2.55. The molecule has 0 bridgehead atoms. The molecule has 2 unspecified atom stereocenters. The van der Waals surface area contributed by atoms with Crippen molar-refractivity contribution in [1.82, 2.24) is 0 Å². The number of thioether (sulfide) groups is 1. The molecule has 0 aromatic carbocycles. The normalized spacial score (nSPS) is 25.4. The molecule has 94 valence electrons. The molecule has 1 aliphatic rings. The molecule has 1 rings (SSSR count). The largest absolute Gasteiger partial charge is 0.469 e. The molecule has 4 heteroatoms. The maximum absolute atomic E-state index is 11.1. The predicted molar refractivity (Wildman–Crippen MR) is 66.7 cm³/mol. The van der Waals surface area contributed by atoms with Crippen molar-refractivity contribution in [2.75, 3.05) is 12.9 Å². The Hall–Kier alpha value is -0.220. The third-order valence-electron chi connectivity index (χ3n) is 2.80. The lowest BCUT2D eigenvalue weighted by molar-refractivity contribution is -0.140. The van der Waals surface area contributed by atoms with Crippen molar-refractivity contribution in [3.63, 3.8) is 0 Å². The van der Waals surface area contributed by atoms with Gasteiger partial charge in [-0.25, -0.2) is 0 Å². The Kier molecular flexibility index (Phi) is 5.12. The summed E-state index contributed by atoms with van der Waals surface area (Å²) in [5.74, 6) is 0.842. The van der Waals surface area contributed by atoms with Gasteiger partial charge in [0.15, 0.2) is 0 Å². The number of rotatable bonds is 5. The molecular formula is C12H22O3S. The van der Waals surface area contributed by atoms with Crippen molar-refractivity contribution >= 4 is 17.7 Å². The van der Waals surface area contributed by atoms with Crippen LogP contribution in [-0.4, -0.2) is 35.8 Å². The van der Waals surface area contributed by atoms with Crippen molar-refractivity contribution < 1.29 is 14.3 Å². The molecule has 0 amide bonds. The Bertz CT molecular complexity index is 240. The fraction of sp³-hybridized carbons (Fsp3) is 0.917. The van der Waals surface area contributed by atoms with E-state index in [0.29, 0.717) is 17.8 Å². The fourth-order valence-corrected chi connectivity index (χ4v) is 2.88. The van der Waals surface area contributed by atoms with E-state index >= 15 is 0 Å². The number of hydrogen-bond donors (Lipinski definition) is 0. The van der Waals surface area contributed by atoms with Crippen LogP contribution in [0.3, 0.4) is 0 Å². The quantitative estimate of drug-likeness (QED) is 0.699. The van der Waals surface area contributed by atoms with Crippen molar-refractivity contribution in [3.05, 3.63) is 0 Å². The van der Waals surface area contributed by atoms with Gasteiger partial charge in [-0.05, 0) is 26.7 Å². The zero-order chi connectivity index (χ0) is 12.2. The number of carbonyl (C=O) groups is 1. The van der Waals surface area contributed by atoms with Gasteiger partial charge in [0.05, 0.1) is 25.2 Å². The van der Waals surface area contributed by atoms with E-state index in [1.165, 1.54) is 7.11 Å². The van der Waals surface area contributed by atoms with Gasteiger partial charge in [0.2, 0.25) is 0 Å². The summed E-state index contributed by atoms with van der Waals surface area (Å²) in [7, 11) is 1.43. The lowest BCUT2D eigenvalue weighted by atomic mass is 10.1. The van der Waals surface area contributed by atoms with E-state index < -0.39 is 0 Å². The molecule has 0 aliphatic carbocycles. The lowest BCUT2D eigenvalue weighted by Crippen LogP contribution is -2.21. The monoisotopic (exact) mass is 246 g/mol. The van der Waals surface area contributed by atoms with Crippen LogP contribution < -0.4 is 0 Å². The first-order valence-corrected chi connectivity index (χ1v) is 6.84. The van der Waals surface area contributed by atoms with Gasteiger partial charge in [-0.2, -0.15) is 11.8 Å². The molecule has 1 heterocycles. The van der Waals surface area contributed by atoms with Gasteiger partial charge in [-0.3, -0.25) is 4.79 Å². The highest BCUT2D eigenvalue weighted by Crippen LogP contribution is 2.32. The van der Waals surface area contributed by atoms with Crippen LogP contribution in [0, 0.1) is 0 Å². The van der Waals surface area contributed by atoms with Crippen LogP contribution in [0.2, 0.25) is 0 Å². The molecule has 0 N–H and O–H groups in total. The summed E-state index contributed by atoms with van der Waals surface area (Å²) < 4.78 is 10.5. The summed E-state index contributed by atoms with van der Waals surface area (Å²) in [5, 5.41) is 0.305. The summed E-state index contributed by atoms with van der Waals surface area (Å²) in [6.45, 7) is 6.33. The van der Waals surface area contributed by atoms with Gasteiger partial charge >= 0.3 is 5.97 Å². The summed E-state index contributed by atoms with van der Waals surface area (Å²) >= 11 is 1.79. The SMILES string of the molecule is COC(=O)CC(C)SCC1CCC(C)(C)O1. The first-order valence-electron chi connectivity index (χ1n) is 5.79. The molecule has 1 aliphatic heterocycles. The lowest BCUT2D eigenvalue weighted by Gasteiger charge is -2.20. The highest BCUT2D eigenvalue weighted by molar-refractivity contribution is 7.99. The zero-order valence-electron chi connectivity index (χ0n) is 10.6. The van der Waals surface area contributed by atoms with Gasteiger partial charge in [-0.1, -0.05) is 6.92 Å². The van der Waals surface area contributed by atoms with Gasteiger partial charge in [0.25, 0.3) is 0 Å². The first-order chi connectivity index (χ1) is 7.43. The number of ether oxygens (including phenoxy) is 2. The van der Waals surface area contributed by atoms with Gasteiger partial charge < -0.3 is 9.47 Å². The maximum atomic E-state index is 11.1. The maximum Gasteiger partial charge on any atom is 0.306 e. The molecule has 1 fully saturated rings. The molecular weight excluding hydrogens is 224 g/mol. The number of esters is 1. The third kappa shape index (κ3) is 4.74. The van der Waals surface area contributed by atoms with Crippen LogP contribution in [0.5, 0.6) is 0 Å². The van der Waals surface area contributed by atoms with E-state index in [0.717, 1.165) is 18.6 Å². The minimum atomic E-state index is -0.132. The Labute approximate surface area is 102 Å². The van der Waals surface area contributed by atoms with E-state index in [-0.39, 0.29) is 11.6 Å². The van der Waals surface area contributed by atoms with Gasteiger partial charge in [0.1, 0.15) is 0 Å². The van der Waals surface area contributed by atoms with Crippen molar-refractivity contribution in [2.45, 2.75) is 57.0 Å². The molecule has 0 aromatic rings. The van der Waals surface area contributed by atoms with E-state index in [9.17, 15) is 4.79 Å². The van der Waals surface area contributed by atoms with Crippen LogP contribution in [0.15, 0.2) is 0 Å². The standard InChI is InChI=1S/C12H22O3S/c1-9(7-11(13)14-4)16-8-10-5-6-12(2,3)15-10/h9-10H,5-8H2,1-4H3. The van der Waals surface area contributed by atoms with Gasteiger partial charge in [0, 0.05) is 11.0 Å². The van der Waals surface area contributed by atoms with Crippen LogP contribution in [0.4, 0.5) is 0 Å². The summed E-state index contributed by atoms with van der Waals surface area (Å²) in [5.41, 5.74) is 0.0385. The predicted octanol–water partition coefficient (Wildman–Crippen LogP) is 2.63. The second-order valence-electron chi connectivity index (χ2n) is 4.96. The topological polar surface area (TPSA) is 35.5 Å². The van der Waals surface area contributed by atoms with E-state index in [1.54, 1.807) is 11.8 Å². The summed E-state index contributed by atoms with van der Waals surface area (Å²) in [6.07, 6.45) is 3.09. The molecule has 0 saturated carbocycles. The summed E-state index contributed by atoms with van der Waals surface area (Å²) in [6, 6.07) is 0. The molecule has 0 aromatic heterocycles. The summed E-state index contributed by atoms with van der Waals surface area (Å²) in [4.78, 5) is 11.1. The second kappa shape index (κ2) is 5.92. The van der Waals surface area contributed by atoms with Crippen LogP contribution in [0.1, 0.15) is 40.0 Å². The van der Waals surface area contributed by atoms with Crippen LogP contribution in [0.25, 0.3) is 0 Å². The van der Waals surface area contributed by atoms with E-state index in [2.05, 4.69) is 25.5 Å². The Morgan fingerprint density at radius 3 is 2.81 bits per heavy atom. The van der Waals surface area contributed by atoms with Crippen molar-refractivity contribution in [1.29, 1.82) is 0 Å². The first kappa shape index (κ1) is 13.8. The van der Waals surface area contributed by atoms with Crippen molar-refractivity contribution in [3.8, 4) is 0 Å². The Morgan fingerprint density at radius 1 is 1.62 bits per heavy atom. The average molecular weight is 246 g/mol. The van der Waals surface area contributed by atoms with E-state index in [1.807, 2.05) is 0 Å². The Balaban J connectivity index is 2.18. The molecule has 1 saturated heterocycles. The number of methoxy groups -OCH3 is 1. The van der Waals surface area contributed by atoms with Crippen LogP contribution in [-0.2, 0) is 14.3 Å². The molecule has 0 radical (unpaired) electrons. The number of carbonyl (C=O) groups excluding carboxylic acids is 1. The molecule has 16 heavy (non-hydrogen) atoms. The van der Waals surface area contributed by atoms with Gasteiger partial charge in [-0.15, -0.1) is 0 Å². The third-order valence-corrected chi connectivity index (χ3v) is 4.10. The zero-order valence-corrected chi connectivity index (χ0v) is 11.4. The Morgan fingerprint density at radius 2 is 2.31 bits per heavy atom.